The van der Waals surface area contributed by atoms with Crippen LogP contribution < -0.4 is 21.2 Å². The molecule has 0 aliphatic heterocycles. The smallest absolute Gasteiger partial charge is 0.357 e. The summed E-state index contributed by atoms with van der Waals surface area (Å²) in [6.07, 6.45) is 0. The Labute approximate surface area is 167 Å². The Bertz CT molecular complexity index is 854. The largest absolute Gasteiger partial charge is 0.744 e. The van der Waals surface area contributed by atoms with E-state index in [1.807, 2.05) is 24.3 Å². The third-order valence-electron chi connectivity index (χ3n) is 2.86. The summed E-state index contributed by atoms with van der Waals surface area (Å²) in [6.45, 7) is 0. The molecule has 0 amide bonds. The summed E-state index contributed by atoms with van der Waals surface area (Å²) >= 11 is 11.5. The molecule has 3 aromatic carbocycles. The molecule has 0 N–H and O–H groups in total. The van der Waals surface area contributed by atoms with E-state index < -0.39 is 10.1 Å². The van der Waals surface area contributed by atoms with Crippen LogP contribution in [0.1, 0.15) is 0 Å². The maximum atomic E-state index is 10.3. The Morgan fingerprint density at radius 3 is 1.40 bits per heavy atom. The summed E-state index contributed by atoms with van der Waals surface area (Å²) in [7, 11) is -4.25. The van der Waals surface area contributed by atoms with Crippen molar-refractivity contribution in [3.63, 3.8) is 0 Å². The molecule has 0 aliphatic carbocycles. The van der Waals surface area contributed by atoms with Crippen LogP contribution in [-0.2, 0) is 10.1 Å². The van der Waals surface area contributed by atoms with Crippen molar-refractivity contribution in [2.75, 3.05) is 0 Å². The van der Waals surface area contributed by atoms with Gasteiger partial charge in [0.15, 0.2) is 7.14 Å². The van der Waals surface area contributed by atoms with Gasteiger partial charge in [-0.05, 0) is 60.7 Å². The quantitative estimate of drug-likeness (QED) is 0.401. The zero-order chi connectivity index (χ0) is 18.3. The van der Waals surface area contributed by atoms with Gasteiger partial charge in [-0.25, -0.2) is 8.42 Å². The highest BCUT2D eigenvalue weighted by molar-refractivity contribution is 7.85. The van der Waals surface area contributed by atoms with Gasteiger partial charge >= 0.3 is 21.2 Å². The molecule has 0 spiro atoms. The van der Waals surface area contributed by atoms with E-state index in [2.05, 4.69) is 24.3 Å². The lowest BCUT2D eigenvalue weighted by Crippen LogP contribution is -3.61. The van der Waals surface area contributed by atoms with Gasteiger partial charge in [-0.1, -0.05) is 41.4 Å². The third kappa shape index (κ3) is 7.33. The van der Waals surface area contributed by atoms with Crippen molar-refractivity contribution in [3.8, 4) is 0 Å². The summed E-state index contributed by atoms with van der Waals surface area (Å²) in [5.41, 5.74) is 0. The van der Waals surface area contributed by atoms with Gasteiger partial charge in [0, 0.05) is 10.0 Å². The predicted molar refractivity (Wildman–Crippen MR) is 94.7 cm³/mol. The van der Waals surface area contributed by atoms with Crippen LogP contribution in [0, 0.1) is 7.14 Å². The molecule has 130 valence electrons. The lowest BCUT2D eigenvalue weighted by molar-refractivity contribution is -0.597. The molecule has 0 heterocycles. The van der Waals surface area contributed by atoms with E-state index in [-0.39, 0.29) is 26.1 Å². The minimum Gasteiger partial charge on any atom is -0.744 e. The molecular formula is C18H13Cl2IO3S. The van der Waals surface area contributed by atoms with Gasteiger partial charge in [0.05, 0.1) is 4.90 Å². The van der Waals surface area contributed by atoms with Crippen LogP contribution in [0.5, 0.6) is 0 Å². The van der Waals surface area contributed by atoms with Gasteiger partial charge in [0.25, 0.3) is 0 Å². The van der Waals surface area contributed by atoms with Crippen molar-refractivity contribution in [2.45, 2.75) is 4.90 Å². The van der Waals surface area contributed by atoms with Crippen molar-refractivity contribution < 1.29 is 34.2 Å². The predicted octanol–water partition coefficient (Wildman–Crippen LogP) is 1.71. The summed E-state index contributed by atoms with van der Waals surface area (Å²) in [5, 5.41) is 1.58. The average Bonchev–Trinajstić information content (AvgIpc) is 2.60. The van der Waals surface area contributed by atoms with E-state index in [0.29, 0.717) is 0 Å². The molecule has 0 atom stereocenters. The first-order valence-electron chi connectivity index (χ1n) is 7.01. The van der Waals surface area contributed by atoms with E-state index in [9.17, 15) is 13.0 Å². The molecule has 0 aliphatic rings. The molecule has 0 saturated heterocycles. The van der Waals surface area contributed by atoms with Crippen LogP contribution in [0.25, 0.3) is 0 Å². The normalized spacial score (nSPS) is 10.7. The first-order valence-corrected chi connectivity index (χ1v) is 11.3. The van der Waals surface area contributed by atoms with Crippen LogP contribution >= 0.6 is 23.2 Å². The van der Waals surface area contributed by atoms with Gasteiger partial charge in [-0.3, -0.25) is 0 Å². The van der Waals surface area contributed by atoms with Gasteiger partial charge in [0.2, 0.25) is 0 Å². The van der Waals surface area contributed by atoms with Gasteiger partial charge in [0.1, 0.15) is 10.1 Å². The lowest BCUT2D eigenvalue weighted by atomic mass is 10.4. The highest BCUT2D eigenvalue weighted by Gasteiger charge is 2.14. The van der Waals surface area contributed by atoms with E-state index in [1.165, 1.54) is 31.4 Å². The standard InChI is InChI=1S/C12H8Cl2I.C6H6O3S/c13-9-1-5-11(6-2-9)15-12-7-3-10(14)4-8-12;7-10(8,9)6-4-2-1-3-5-6/h1-8H;1-5H,(H,7,8,9)/q+1;/p-1. The fraction of sp³-hybridized carbons (Fsp3) is 0. The Kier molecular flexibility index (Phi) is 7.71. The minimum absolute atomic E-state index is 0.114. The molecule has 0 fully saturated rings. The molecule has 0 aromatic heterocycles. The Balaban J connectivity index is 0.000000196. The Morgan fingerprint density at radius 2 is 1.08 bits per heavy atom. The van der Waals surface area contributed by atoms with E-state index >= 15 is 0 Å². The summed E-state index contributed by atoms with van der Waals surface area (Å²) in [5.74, 6) is 0. The molecule has 7 heteroatoms. The van der Waals surface area contributed by atoms with Crippen LogP contribution in [0.15, 0.2) is 83.8 Å². The van der Waals surface area contributed by atoms with Gasteiger partial charge < -0.3 is 4.55 Å². The molecule has 0 saturated carbocycles. The molecular weight excluding hydrogens is 494 g/mol. The van der Waals surface area contributed by atoms with Crippen LogP contribution in [0.4, 0.5) is 0 Å². The summed E-state index contributed by atoms with van der Waals surface area (Å²) in [4.78, 5) is -0.185. The molecule has 25 heavy (non-hydrogen) atoms. The third-order valence-corrected chi connectivity index (χ3v) is 6.89. The molecule has 3 aromatic rings. The summed E-state index contributed by atoms with van der Waals surface area (Å²) in [6, 6.07) is 23.3. The van der Waals surface area contributed by atoms with Crippen molar-refractivity contribution >= 4 is 33.3 Å². The maximum absolute atomic E-state index is 10.3. The fourth-order valence-electron chi connectivity index (χ4n) is 1.70. The lowest BCUT2D eigenvalue weighted by Gasteiger charge is -2.04. The summed E-state index contributed by atoms with van der Waals surface area (Å²) < 4.78 is 33.6. The molecule has 0 unspecified atom stereocenters. The monoisotopic (exact) mass is 506 g/mol. The van der Waals surface area contributed by atoms with Crippen LogP contribution in [0.3, 0.4) is 0 Å². The van der Waals surface area contributed by atoms with Crippen molar-refractivity contribution in [1.82, 2.24) is 0 Å². The maximum Gasteiger partial charge on any atom is 0.357 e. The Hall–Kier alpha value is -1.12. The molecule has 0 bridgehead atoms. The van der Waals surface area contributed by atoms with Crippen LogP contribution in [0.2, 0.25) is 10.0 Å². The average molecular weight is 507 g/mol. The van der Waals surface area contributed by atoms with E-state index in [4.69, 9.17) is 23.2 Å². The fourth-order valence-corrected chi connectivity index (χ4v) is 4.60. The molecule has 3 nitrogen and oxygen atoms in total. The van der Waals surface area contributed by atoms with Gasteiger partial charge in [-0.2, -0.15) is 0 Å². The van der Waals surface area contributed by atoms with E-state index in [1.54, 1.807) is 6.07 Å². The number of rotatable bonds is 3. The van der Waals surface area contributed by atoms with E-state index in [0.717, 1.165) is 10.0 Å². The van der Waals surface area contributed by atoms with Crippen molar-refractivity contribution in [3.05, 3.63) is 96.0 Å². The first-order chi connectivity index (χ1) is 11.8. The SMILES string of the molecule is Clc1ccc([I+]c2ccc(Cl)cc2)cc1.O=S(=O)([O-])c1ccccc1. The molecule has 3 rings (SSSR count). The second kappa shape index (κ2) is 9.54. The topological polar surface area (TPSA) is 57.2 Å². The van der Waals surface area contributed by atoms with Crippen LogP contribution in [-0.4, -0.2) is 13.0 Å². The number of halogens is 3. The molecule has 0 radical (unpaired) electrons. The van der Waals surface area contributed by atoms with Crippen molar-refractivity contribution in [1.29, 1.82) is 0 Å². The minimum atomic E-state index is -4.25. The Morgan fingerprint density at radius 1 is 0.680 bits per heavy atom. The highest BCUT2D eigenvalue weighted by atomic mass is 127. The first kappa shape index (κ1) is 20.2. The number of benzene rings is 3. The highest BCUT2D eigenvalue weighted by Crippen LogP contribution is 2.06. The second-order valence-electron chi connectivity index (χ2n) is 4.73. The zero-order valence-electron chi connectivity index (χ0n) is 12.8. The zero-order valence-corrected chi connectivity index (χ0v) is 17.3. The number of hydrogen-bond donors (Lipinski definition) is 0. The van der Waals surface area contributed by atoms with Crippen molar-refractivity contribution in [2.24, 2.45) is 0 Å². The van der Waals surface area contributed by atoms with Gasteiger partial charge in [-0.15, -0.1) is 0 Å². The second-order valence-corrected chi connectivity index (χ2v) is 10.0. The number of hydrogen-bond acceptors (Lipinski definition) is 3.